The van der Waals surface area contributed by atoms with E-state index in [1.165, 1.54) is 30.3 Å². The number of hydrogen-bond acceptors (Lipinski definition) is 2. The maximum atomic E-state index is 12.9. The number of carbonyl (C=O) groups is 1. The van der Waals surface area contributed by atoms with Crippen molar-refractivity contribution in [3.8, 4) is 11.5 Å². The minimum atomic E-state index is -0.361. The number of carbonyl (C=O) groups excluding carboxylic acids is 1. The molecule has 3 aromatic rings. The molecule has 0 fully saturated rings. The summed E-state index contributed by atoms with van der Waals surface area (Å²) in [6.07, 6.45) is 4.96. The maximum absolute atomic E-state index is 12.9. The van der Waals surface area contributed by atoms with E-state index in [0.717, 1.165) is 16.9 Å². The molecule has 0 aliphatic rings. The largest absolute Gasteiger partial charge is 0.457 e. The molecule has 0 atom stereocenters. The van der Waals surface area contributed by atoms with E-state index in [4.69, 9.17) is 4.74 Å². The van der Waals surface area contributed by atoms with Crippen LogP contribution in [0.25, 0.3) is 12.2 Å². The first-order chi connectivity index (χ1) is 12.6. The summed E-state index contributed by atoms with van der Waals surface area (Å²) in [5.41, 5.74) is 2.35. The third-order valence-electron chi connectivity index (χ3n) is 3.79. The molecule has 0 radical (unpaired) electrons. The van der Waals surface area contributed by atoms with Crippen molar-refractivity contribution in [3.63, 3.8) is 0 Å². The van der Waals surface area contributed by atoms with Gasteiger partial charge in [0.05, 0.1) is 0 Å². The lowest BCUT2D eigenvalue weighted by Gasteiger charge is -2.06. The fourth-order valence-corrected chi connectivity index (χ4v) is 2.34. The second kappa shape index (κ2) is 8.08. The van der Waals surface area contributed by atoms with Crippen LogP contribution in [0, 0.1) is 5.82 Å². The highest BCUT2D eigenvalue weighted by Crippen LogP contribution is 2.22. The van der Waals surface area contributed by atoms with Gasteiger partial charge in [0, 0.05) is 5.56 Å². The summed E-state index contributed by atoms with van der Waals surface area (Å²) in [6.45, 7) is 3.72. The third-order valence-corrected chi connectivity index (χ3v) is 3.79. The summed E-state index contributed by atoms with van der Waals surface area (Å²) in [4.78, 5) is 12.0. The van der Waals surface area contributed by atoms with Crippen LogP contribution >= 0.6 is 0 Å². The Hall–Kier alpha value is -3.46. The molecule has 3 rings (SSSR count). The Morgan fingerprint density at radius 1 is 0.808 bits per heavy atom. The molecule has 2 nitrogen and oxygen atoms in total. The Morgan fingerprint density at radius 3 is 1.88 bits per heavy atom. The molecule has 128 valence electrons. The van der Waals surface area contributed by atoms with Crippen LogP contribution in [0.1, 0.15) is 21.5 Å². The molecular formula is C23H17FO2. The number of benzene rings is 3. The Balaban J connectivity index is 1.64. The van der Waals surface area contributed by atoms with Crippen molar-refractivity contribution in [1.82, 2.24) is 0 Å². The van der Waals surface area contributed by atoms with E-state index in [-0.39, 0.29) is 11.6 Å². The lowest BCUT2D eigenvalue weighted by molar-refractivity contribution is 0.104. The summed E-state index contributed by atoms with van der Waals surface area (Å²) in [5.74, 6) is 0.914. The number of rotatable bonds is 6. The van der Waals surface area contributed by atoms with E-state index in [1.807, 2.05) is 48.5 Å². The number of ketones is 1. The minimum Gasteiger partial charge on any atom is -0.457 e. The average molecular weight is 344 g/mol. The van der Waals surface area contributed by atoms with Gasteiger partial charge in [0.25, 0.3) is 0 Å². The monoisotopic (exact) mass is 344 g/mol. The summed E-state index contributed by atoms with van der Waals surface area (Å²) in [7, 11) is 0. The molecule has 0 N–H and O–H groups in total. The molecule has 3 heteroatoms. The zero-order valence-corrected chi connectivity index (χ0v) is 14.1. The lowest BCUT2D eigenvalue weighted by Crippen LogP contribution is -1.93. The van der Waals surface area contributed by atoms with Crippen LogP contribution in [0.15, 0.2) is 85.5 Å². The Kier molecular flexibility index (Phi) is 5.40. The third kappa shape index (κ3) is 4.54. The Morgan fingerprint density at radius 2 is 1.35 bits per heavy atom. The molecule has 0 aliphatic heterocycles. The highest BCUT2D eigenvalue weighted by Gasteiger charge is 2.02. The SMILES string of the molecule is C=Cc1ccc(Oc2ccc(C=CC(=O)c3ccc(F)cc3)cc2)cc1. The molecule has 0 saturated heterocycles. The van der Waals surface area contributed by atoms with E-state index in [2.05, 4.69) is 6.58 Å². The van der Waals surface area contributed by atoms with Gasteiger partial charge >= 0.3 is 0 Å². The van der Waals surface area contributed by atoms with Gasteiger partial charge in [-0.1, -0.05) is 43.0 Å². The molecule has 3 aromatic carbocycles. The number of allylic oxidation sites excluding steroid dienone is 1. The summed E-state index contributed by atoms with van der Waals surface area (Å²) >= 11 is 0. The van der Waals surface area contributed by atoms with Gasteiger partial charge in [0.15, 0.2) is 5.78 Å². The molecular weight excluding hydrogens is 327 g/mol. The van der Waals surface area contributed by atoms with Crippen LogP contribution in [0.5, 0.6) is 11.5 Å². The summed E-state index contributed by atoms with van der Waals surface area (Å²) in [6, 6.07) is 20.5. The van der Waals surface area contributed by atoms with E-state index >= 15 is 0 Å². The predicted octanol–water partition coefficient (Wildman–Crippen LogP) is 6.16. The van der Waals surface area contributed by atoms with Crippen molar-refractivity contribution in [2.24, 2.45) is 0 Å². The van der Waals surface area contributed by atoms with Crippen molar-refractivity contribution in [3.05, 3.63) is 108 Å². The summed E-state index contributed by atoms with van der Waals surface area (Å²) < 4.78 is 18.7. The average Bonchev–Trinajstić information content (AvgIpc) is 2.68. The topological polar surface area (TPSA) is 26.3 Å². The van der Waals surface area contributed by atoms with Gasteiger partial charge < -0.3 is 4.74 Å². The Labute approximate surface area is 151 Å². The fraction of sp³-hybridized carbons (Fsp3) is 0. The molecule has 0 aliphatic carbocycles. The van der Waals surface area contributed by atoms with Gasteiger partial charge in [-0.05, 0) is 65.7 Å². The zero-order chi connectivity index (χ0) is 18.4. The van der Waals surface area contributed by atoms with Crippen molar-refractivity contribution in [2.45, 2.75) is 0 Å². The molecule has 0 amide bonds. The number of hydrogen-bond donors (Lipinski definition) is 0. The van der Waals surface area contributed by atoms with E-state index < -0.39 is 0 Å². The highest BCUT2D eigenvalue weighted by atomic mass is 19.1. The van der Waals surface area contributed by atoms with Crippen LogP contribution in [0.4, 0.5) is 4.39 Å². The van der Waals surface area contributed by atoms with Gasteiger partial charge in [-0.3, -0.25) is 4.79 Å². The van der Waals surface area contributed by atoms with Crippen LogP contribution in [0.3, 0.4) is 0 Å². The lowest BCUT2D eigenvalue weighted by atomic mass is 10.1. The van der Waals surface area contributed by atoms with Crippen molar-refractivity contribution < 1.29 is 13.9 Å². The smallest absolute Gasteiger partial charge is 0.185 e. The molecule has 0 heterocycles. The van der Waals surface area contributed by atoms with Gasteiger partial charge in [-0.2, -0.15) is 0 Å². The minimum absolute atomic E-state index is 0.173. The van der Waals surface area contributed by atoms with Crippen molar-refractivity contribution >= 4 is 17.9 Å². The molecule has 0 unspecified atom stereocenters. The van der Waals surface area contributed by atoms with E-state index in [9.17, 15) is 9.18 Å². The zero-order valence-electron chi connectivity index (χ0n) is 14.1. The summed E-state index contributed by atoms with van der Waals surface area (Å²) in [5, 5.41) is 0. The Bertz CT molecular complexity index is 921. The van der Waals surface area contributed by atoms with Crippen LogP contribution in [0.2, 0.25) is 0 Å². The van der Waals surface area contributed by atoms with Crippen LogP contribution in [-0.2, 0) is 0 Å². The first-order valence-electron chi connectivity index (χ1n) is 8.12. The molecule has 0 aromatic heterocycles. The number of halogens is 1. The first kappa shape index (κ1) is 17.4. The molecule has 26 heavy (non-hydrogen) atoms. The van der Waals surface area contributed by atoms with Crippen LogP contribution < -0.4 is 4.74 Å². The molecule has 0 bridgehead atoms. The quantitative estimate of drug-likeness (QED) is 0.395. The first-order valence-corrected chi connectivity index (χ1v) is 8.12. The van der Waals surface area contributed by atoms with Gasteiger partial charge in [-0.25, -0.2) is 4.39 Å². The van der Waals surface area contributed by atoms with Crippen molar-refractivity contribution in [2.75, 3.05) is 0 Å². The standard InChI is InChI=1S/C23H17FO2/c1-2-17-3-12-21(13-4-17)26-22-14-5-18(6-15-22)7-16-23(25)19-8-10-20(24)11-9-19/h2-16H,1H2. The van der Waals surface area contributed by atoms with Gasteiger partial charge in [0.1, 0.15) is 17.3 Å². The maximum Gasteiger partial charge on any atom is 0.185 e. The van der Waals surface area contributed by atoms with Gasteiger partial charge in [0.2, 0.25) is 0 Å². The number of ether oxygens (including phenoxy) is 1. The molecule has 0 spiro atoms. The highest BCUT2D eigenvalue weighted by molar-refractivity contribution is 6.06. The van der Waals surface area contributed by atoms with E-state index in [0.29, 0.717) is 11.3 Å². The van der Waals surface area contributed by atoms with E-state index in [1.54, 1.807) is 12.2 Å². The van der Waals surface area contributed by atoms with Crippen LogP contribution in [-0.4, -0.2) is 5.78 Å². The predicted molar refractivity (Wildman–Crippen MR) is 103 cm³/mol. The molecule has 0 saturated carbocycles. The van der Waals surface area contributed by atoms with Gasteiger partial charge in [-0.15, -0.1) is 0 Å². The fourth-order valence-electron chi connectivity index (χ4n) is 2.34. The second-order valence-electron chi connectivity index (χ2n) is 5.65. The normalized spacial score (nSPS) is 10.7. The van der Waals surface area contributed by atoms with Crippen molar-refractivity contribution in [1.29, 1.82) is 0 Å². The second-order valence-corrected chi connectivity index (χ2v) is 5.65.